The minimum atomic E-state index is -1.40. The minimum absolute atomic E-state index is 0.0508. The third-order valence-electron chi connectivity index (χ3n) is 2.22. The highest BCUT2D eigenvalue weighted by atomic mass is 16.3. The second kappa shape index (κ2) is 2.42. The van der Waals surface area contributed by atoms with E-state index in [9.17, 15) is 9.90 Å². The van der Waals surface area contributed by atoms with Crippen LogP contribution in [0.4, 0.5) is 0 Å². The molecule has 4 heteroatoms. The Morgan fingerprint density at radius 1 is 1.67 bits per heavy atom. The highest BCUT2D eigenvalue weighted by Gasteiger charge is 2.45. The lowest BCUT2D eigenvalue weighted by Gasteiger charge is -2.21. The number of carbonyl (C=O) groups excluding carboxylic acids is 1. The van der Waals surface area contributed by atoms with Crippen LogP contribution < -0.4 is 0 Å². The van der Waals surface area contributed by atoms with Gasteiger partial charge in [-0.25, -0.2) is 4.68 Å². The van der Waals surface area contributed by atoms with Crippen LogP contribution >= 0.6 is 0 Å². The van der Waals surface area contributed by atoms with Crippen LogP contribution in [0.1, 0.15) is 12.8 Å². The molecule has 0 radical (unpaired) electrons. The fourth-order valence-corrected chi connectivity index (χ4v) is 1.33. The zero-order valence-corrected chi connectivity index (χ0v) is 6.55. The van der Waals surface area contributed by atoms with E-state index in [1.165, 1.54) is 4.68 Å². The molecular formula is C8H10N2O2. The van der Waals surface area contributed by atoms with Crippen LogP contribution in [0.25, 0.3) is 0 Å². The first-order valence-corrected chi connectivity index (χ1v) is 3.96. The molecule has 1 saturated carbocycles. The largest absolute Gasteiger partial charge is 0.363 e. The Labute approximate surface area is 69.8 Å². The van der Waals surface area contributed by atoms with Gasteiger partial charge in [-0.2, -0.15) is 5.10 Å². The van der Waals surface area contributed by atoms with Crippen molar-refractivity contribution in [3.63, 3.8) is 0 Å². The quantitative estimate of drug-likeness (QED) is 0.650. The van der Waals surface area contributed by atoms with Crippen molar-refractivity contribution in [1.82, 2.24) is 9.78 Å². The molecule has 1 aromatic heterocycles. The molecule has 1 aliphatic rings. The maximum Gasteiger partial charge on any atom is 0.217 e. The normalized spacial score (nSPS) is 21.8. The predicted molar refractivity (Wildman–Crippen MR) is 41.2 cm³/mol. The first kappa shape index (κ1) is 7.49. The zero-order chi connectivity index (χ0) is 8.60. The molecule has 0 bridgehead atoms. The number of aliphatic hydroxyl groups is 1. The molecule has 12 heavy (non-hydrogen) atoms. The van der Waals surface area contributed by atoms with Gasteiger partial charge in [-0.05, 0) is 18.9 Å². The van der Waals surface area contributed by atoms with Gasteiger partial charge in [0.05, 0.1) is 0 Å². The summed E-state index contributed by atoms with van der Waals surface area (Å²) in [6.45, 7) is 0. The van der Waals surface area contributed by atoms with Gasteiger partial charge >= 0.3 is 0 Å². The molecule has 2 rings (SSSR count). The Hall–Kier alpha value is -1.16. The van der Waals surface area contributed by atoms with E-state index in [1.54, 1.807) is 18.5 Å². The molecule has 0 spiro atoms. The lowest BCUT2D eigenvalue weighted by molar-refractivity contribution is -0.140. The van der Waals surface area contributed by atoms with E-state index in [-0.39, 0.29) is 5.92 Å². The summed E-state index contributed by atoms with van der Waals surface area (Å²) in [6.07, 6.45) is 5.52. The van der Waals surface area contributed by atoms with E-state index in [1.807, 2.05) is 0 Å². The maximum absolute atomic E-state index is 10.7. The van der Waals surface area contributed by atoms with Gasteiger partial charge in [-0.3, -0.25) is 4.79 Å². The van der Waals surface area contributed by atoms with Gasteiger partial charge in [0.25, 0.3) is 0 Å². The van der Waals surface area contributed by atoms with Gasteiger partial charge in [0.2, 0.25) is 5.72 Å². The zero-order valence-electron chi connectivity index (χ0n) is 6.55. The van der Waals surface area contributed by atoms with Crippen molar-refractivity contribution in [1.29, 1.82) is 0 Å². The van der Waals surface area contributed by atoms with Crippen LogP contribution in [0.3, 0.4) is 0 Å². The smallest absolute Gasteiger partial charge is 0.217 e. The summed E-state index contributed by atoms with van der Waals surface area (Å²) >= 11 is 0. The summed E-state index contributed by atoms with van der Waals surface area (Å²) in [5.41, 5.74) is -1.40. The van der Waals surface area contributed by atoms with Crippen molar-refractivity contribution < 1.29 is 9.90 Å². The van der Waals surface area contributed by atoms with Crippen LogP contribution in [0.5, 0.6) is 0 Å². The van der Waals surface area contributed by atoms with E-state index in [0.29, 0.717) is 6.29 Å². The minimum Gasteiger partial charge on any atom is -0.363 e. The number of hydrogen-bond donors (Lipinski definition) is 1. The maximum atomic E-state index is 10.7. The van der Waals surface area contributed by atoms with E-state index in [2.05, 4.69) is 5.10 Å². The highest BCUT2D eigenvalue weighted by molar-refractivity contribution is 5.60. The highest BCUT2D eigenvalue weighted by Crippen LogP contribution is 2.40. The fraction of sp³-hybridized carbons (Fsp3) is 0.500. The van der Waals surface area contributed by atoms with Crippen LogP contribution in [0.15, 0.2) is 18.5 Å². The molecule has 1 N–H and O–H groups in total. The Bertz CT molecular complexity index is 279. The number of aromatic nitrogens is 2. The molecule has 0 aliphatic heterocycles. The van der Waals surface area contributed by atoms with Crippen molar-refractivity contribution in [2.24, 2.45) is 5.92 Å². The summed E-state index contributed by atoms with van der Waals surface area (Å²) in [6, 6.07) is 1.69. The second-order valence-corrected chi connectivity index (χ2v) is 3.13. The molecule has 4 nitrogen and oxygen atoms in total. The second-order valence-electron chi connectivity index (χ2n) is 3.13. The average Bonchev–Trinajstić information content (AvgIpc) is 2.80. The Kier molecular flexibility index (Phi) is 1.51. The Morgan fingerprint density at radius 2 is 2.42 bits per heavy atom. The van der Waals surface area contributed by atoms with Gasteiger partial charge in [0.15, 0.2) is 6.29 Å². The Balaban J connectivity index is 2.33. The summed E-state index contributed by atoms with van der Waals surface area (Å²) in [7, 11) is 0. The van der Waals surface area contributed by atoms with Crippen molar-refractivity contribution >= 4 is 6.29 Å². The van der Waals surface area contributed by atoms with Crippen molar-refractivity contribution in [2.75, 3.05) is 0 Å². The predicted octanol–water partition coefficient (Wildman–Crippen LogP) is 0.137. The molecule has 0 saturated heterocycles. The van der Waals surface area contributed by atoms with Crippen LogP contribution in [0.2, 0.25) is 0 Å². The molecular weight excluding hydrogens is 156 g/mol. The van der Waals surface area contributed by atoms with Crippen molar-refractivity contribution in [3.05, 3.63) is 18.5 Å². The summed E-state index contributed by atoms with van der Waals surface area (Å²) in [5.74, 6) is 0.0508. The number of rotatable bonds is 3. The van der Waals surface area contributed by atoms with Crippen LogP contribution in [-0.2, 0) is 10.5 Å². The molecule has 1 heterocycles. The molecule has 0 amide bonds. The third-order valence-corrected chi connectivity index (χ3v) is 2.22. The fourth-order valence-electron chi connectivity index (χ4n) is 1.33. The number of nitrogens with zero attached hydrogens (tertiary/aromatic N) is 2. The van der Waals surface area contributed by atoms with Gasteiger partial charge in [-0.1, -0.05) is 0 Å². The number of hydrogen-bond acceptors (Lipinski definition) is 3. The SMILES string of the molecule is O=CC(O)(C1CC1)n1cccn1. The summed E-state index contributed by atoms with van der Waals surface area (Å²) in [5, 5.41) is 13.7. The molecule has 1 fully saturated rings. The van der Waals surface area contributed by atoms with Gasteiger partial charge in [-0.15, -0.1) is 0 Å². The molecule has 64 valence electrons. The van der Waals surface area contributed by atoms with Crippen molar-refractivity contribution in [3.8, 4) is 0 Å². The van der Waals surface area contributed by atoms with Gasteiger partial charge < -0.3 is 5.11 Å². The molecule has 1 aliphatic carbocycles. The third kappa shape index (κ3) is 0.956. The standard InChI is InChI=1S/C8H10N2O2/c11-6-8(12,7-2-3-7)10-5-1-4-9-10/h1,4-7,12H,2-3H2. The van der Waals surface area contributed by atoms with Gasteiger partial charge in [0.1, 0.15) is 0 Å². The molecule has 1 unspecified atom stereocenters. The lowest BCUT2D eigenvalue weighted by atomic mass is 10.1. The van der Waals surface area contributed by atoms with Gasteiger partial charge in [0, 0.05) is 18.3 Å². The molecule has 1 atom stereocenters. The Morgan fingerprint density at radius 3 is 2.83 bits per heavy atom. The summed E-state index contributed by atoms with van der Waals surface area (Å²) < 4.78 is 1.32. The topological polar surface area (TPSA) is 55.1 Å². The summed E-state index contributed by atoms with van der Waals surface area (Å²) in [4.78, 5) is 10.7. The van der Waals surface area contributed by atoms with E-state index in [4.69, 9.17) is 0 Å². The number of carbonyl (C=O) groups is 1. The van der Waals surface area contributed by atoms with E-state index < -0.39 is 5.72 Å². The first-order valence-electron chi connectivity index (χ1n) is 3.96. The van der Waals surface area contributed by atoms with E-state index in [0.717, 1.165) is 12.8 Å². The number of aldehydes is 1. The van der Waals surface area contributed by atoms with E-state index >= 15 is 0 Å². The lowest BCUT2D eigenvalue weighted by Crippen LogP contribution is -2.37. The van der Waals surface area contributed by atoms with Crippen LogP contribution in [-0.4, -0.2) is 21.2 Å². The van der Waals surface area contributed by atoms with Crippen LogP contribution in [0, 0.1) is 5.92 Å². The molecule has 0 aromatic carbocycles. The average molecular weight is 166 g/mol. The van der Waals surface area contributed by atoms with Crippen molar-refractivity contribution in [2.45, 2.75) is 18.6 Å². The molecule has 1 aromatic rings. The monoisotopic (exact) mass is 166 g/mol. The first-order chi connectivity index (χ1) is 5.77.